The summed E-state index contributed by atoms with van der Waals surface area (Å²) < 4.78 is 0. The Morgan fingerprint density at radius 3 is 2.52 bits per heavy atom. The second kappa shape index (κ2) is 9.76. The van der Waals surface area contributed by atoms with Gasteiger partial charge in [0, 0.05) is 31.4 Å². The second-order valence-electron chi connectivity index (χ2n) is 6.26. The van der Waals surface area contributed by atoms with Crippen LogP contribution in [0.5, 0.6) is 0 Å². The zero-order valence-corrected chi connectivity index (χ0v) is 15.9. The van der Waals surface area contributed by atoms with Crippen LogP contribution in [0.25, 0.3) is 0 Å². The lowest BCUT2D eigenvalue weighted by Crippen LogP contribution is -2.33. The van der Waals surface area contributed by atoms with Crippen molar-refractivity contribution >= 4 is 30.7 Å². The number of benzene rings is 1. The van der Waals surface area contributed by atoms with Gasteiger partial charge in [0.1, 0.15) is 0 Å². The topological polar surface area (TPSA) is 59.2 Å². The van der Waals surface area contributed by atoms with E-state index in [4.69, 9.17) is 5.73 Å². The van der Waals surface area contributed by atoms with E-state index < -0.39 is 0 Å². The molecule has 3 atom stereocenters. The molecule has 1 unspecified atom stereocenters. The Kier molecular flexibility index (Phi) is 8.36. The quantitative estimate of drug-likeness (QED) is 0.883. The van der Waals surface area contributed by atoms with Crippen molar-refractivity contribution in [1.82, 2.24) is 9.88 Å². The molecule has 6 heteroatoms. The van der Waals surface area contributed by atoms with E-state index in [-0.39, 0.29) is 36.6 Å². The van der Waals surface area contributed by atoms with Crippen molar-refractivity contribution in [2.75, 3.05) is 19.6 Å². The fourth-order valence-electron chi connectivity index (χ4n) is 3.42. The number of pyridine rings is 1. The SMILES string of the molecule is CC(C(=O)N1C[C@@H](CN)[C@H](c2ccccc2)C1)c1cccnc1.Cl.Cl. The molecule has 136 valence electrons. The summed E-state index contributed by atoms with van der Waals surface area (Å²) in [5.74, 6) is 0.639. The van der Waals surface area contributed by atoms with Crippen molar-refractivity contribution in [3.8, 4) is 0 Å². The van der Waals surface area contributed by atoms with E-state index in [0.717, 1.165) is 18.7 Å². The van der Waals surface area contributed by atoms with Gasteiger partial charge < -0.3 is 10.6 Å². The summed E-state index contributed by atoms with van der Waals surface area (Å²) in [6, 6.07) is 14.2. The van der Waals surface area contributed by atoms with Gasteiger partial charge in [0.25, 0.3) is 0 Å². The van der Waals surface area contributed by atoms with E-state index in [0.29, 0.717) is 18.4 Å². The van der Waals surface area contributed by atoms with Crippen molar-refractivity contribution in [2.45, 2.75) is 18.8 Å². The van der Waals surface area contributed by atoms with Crippen LogP contribution in [0.1, 0.15) is 29.9 Å². The summed E-state index contributed by atoms with van der Waals surface area (Å²) in [6.07, 6.45) is 3.50. The van der Waals surface area contributed by atoms with E-state index in [9.17, 15) is 4.79 Å². The molecule has 0 radical (unpaired) electrons. The van der Waals surface area contributed by atoms with Gasteiger partial charge in [-0.25, -0.2) is 0 Å². The largest absolute Gasteiger partial charge is 0.341 e. The minimum absolute atomic E-state index is 0. The van der Waals surface area contributed by atoms with Crippen molar-refractivity contribution < 1.29 is 4.79 Å². The maximum absolute atomic E-state index is 12.8. The number of nitrogens with zero attached hydrogens (tertiary/aromatic N) is 2. The van der Waals surface area contributed by atoms with Gasteiger partial charge in [-0.05, 0) is 36.6 Å². The number of halogens is 2. The van der Waals surface area contributed by atoms with Crippen LogP contribution < -0.4 is 5.73 Å². The summed E-state index contributed by atoms with van der Waals surface area (Å²) in [4.78, 5) is 18.9. The maximum atomic E-state index is 12.8. The highest BCUT2D eigenvalue weighted by molar-refractivity contribution is 5.85. The average molecular weight is 382 g/mol. The van der Waals surface area contributed by atoms with Crippen LogP contribution in [0, 0.1) is 5.92 Å². The highest BCUT2D eigenvalue weighted by Gasteiger charge is 2.36. The fourth-order valence-corrected chi connectivity index (χ4v) is 3.42. The third-order valence-electron chi connectivity index (χ3n) is 4.84. The van der Waals surface area contributed by atoms with Crippen molar-refractivity contribution in [3.05, 3.63) is 66.0 Å². The first-order valence-electron chi connectivity index (χ1n) is 8.14. The Labute approximate surface area is 161 Å². The summed E-state index contributed by atoms with van der Waals surface area (Å²) in [5, 5.41) is 0. The molecule has 4 nitrogen and oxygen atoms in total. The molecule has 2 aromatic rings. The Morgan fingerprint density at radius 2 is 1.92 bits per heavy atom. The molecule has 25 heavy (non-hydrogen) atoms. The lowest BCUT2D eigenvalue weighted by molar-refractivity contribution is -0.131. The number of nitrogens with two attached hydrogens (primary N) is 1. The van der Waals surface area contributed by atoms with Crippen LogP contribution in [0.15, 0.2) is 54.9 Å². The van der Waals surface area contributed by atoms with Crippen molar-refractivity contribution in [1.29, 1.82) is 0 Å². The Hall–Kier alpha value is -1.62. The average Bonchev–Trinajstić information content (AvgIpc) is 3.06. The highest BCUT2D eigenvalue weighted by Crippen LogP contribution is 2.33. The Balaban J connectivity index is 0.00000156. The third kappa shape index (κ3) is 4.72. The lowest BCUT2D eigenvalue weighted by Gasteiger charge is -2.21. The molecule has 1 aliphatic heterocycles. The number of carbonyl (C=O) groups is 1. The first-order chi connectivity index (χ1) is 11.2. The summed E-state index contributed by atoms with van der Waals surface area (Å²) in [6.45, 7) is 4.03. The van der Waals surface area contributed by atoms with Gasteiger partial charge >= 0.3 is 0 Å². The van der Waals surface area contributed by atoms with Crippen LogP contribution in [0.4, 0.5) is 0 Å². The summed E-state index contributed by atoms with van der Waals surface area (Å²) in [5.41, 5.74) is 8.20. The van der Waals surface area contributed by atoms with Crippen LogP contribution in [-0.2, 0) is 4.79 Å². The Bertz CT molecular complexity index is 654. The van der Waals surface area contributed by atoms with Crippen LogP contribution in [0.3, 0.4) is 0 Å². The molecule has 0 spiro atoms. The summed E-state index contributed by atoms with van der Waals surface area (Å²) in [7, 11) is 0. The van der Waals surface area contributed by atoms with E-state index in [1.165, 1.54) is 5.56 Å². The molecule has 1 amide bonds. The minimum atomic E-state index is -0.170. The second-order valence-corrected chi connectivity index (χ2v) is 6.26. The number of hydrogen-bond donors (Lipinski definition) is 1. The molecule has 1 aromatic carbocycles. The predicted octanol–water partition coefficient (Wildman–Crippen LogP) is 3.23. The number of amides is 1. The fraction of sp³-hybridized carbons (Fsp3) is 0.368. The van der Waals surface area contributed by atoms with E-state index >= 15 is 0 Å². The number of carbonyl (C=O) groups excluding carboxylic acids is 1. The molecule has 1 aliphatic rings. The number of likely N-dealkylation sites (tertiary alicyclic amines) is 1. The van der Waals surface area contributed by atoms with Crippen molar-refractivity contribution in [2.24, 2.45) is 11.7 Å². The lowest BCUT2D eigenvalue weighted by atomic mass is 9.89. The molecule has 0 bridgehead atoms. The van der Waals surface area contributed by atoms with Gasteiger partial charge in [-0.1, -0.05) is 36.4 Å². The molecular weight excluding hydrogens is 357 g/mol. The molecule has 1 aromatic heterocycles. The molecule has 2 N–H and O–H groups in total. The van der Waals surface area contributed by atoms with Gasteiger partial charge in [0.05, 0.1) is 5.92 Å². The monoisotopic (exact) mass is 381 g/mol. The van der Waals surface area contributed by atoms with Crippen LogP contribution in [-0.4, -0.2) is 35.4 Å². The van der Waals surface area contributed by atoms with Crippen molar-refractivity contribution in [3.63, 3.8) is 0 Å². The molecule has 1 saturated heterocycles. The maximum Gasteiger partial charge on any atom is 0.229 e. The summed E-state index contributed by atoms with van der Waals surface area (Å²) >= 11 is 0. The number of rotatable bonds is 4. The van der Waals surface area contributed by atoms with Gasteiger partial charge in [-0.3, -0.25) is 9.78 Å². The van der Waals surface area contributed by atoms with Gasteiger partial charge in [-0.2, -0.15) is 0 Å². The predicted molar refractivity (Wildman–Crippen MR) is 105 cm³/mol. The molecule has 0 saturated carbocycles. The van der Waals surface area contributed by atoms with Gasteiger partial charge in [0.2, 0.25) is 5.91 Å². The third-order valence-corrected chi connectivity index (χ3v) is 4.84. The van der Waals surface area contributed by atoms with Crippen LogP contribution in [0.2, 0.25) is 0 Å². The zero-order chi connectivity index (χ0) is 16.2. The normalized spacial score (nSPS) is 20.3. The first kappa shape index (κ1) is 21.4. The highest BCUT2D eigenvalue weighted by atomic mass is 35.5. The molecule has 0 aliphatic carbocycles. The smallest absolute Gasteiger partial charge is 0.229 e. The number of hydrogen-bond acceptors (Lipinski definition) is 3. The molecular formula is C19H25Cl2N3O. The van der Waals surface area contributed by atoms with E-state index in [1.54, 1.807) is 12.4 Å². The van der Waals surface area contributed by atoms with Crippen LogP contribution >= 0.6 is 24.8 Å². The minimum Gasteiger partial charge on any atom is -0.341 e. The molecule has 1 fully saturated rings. The van der Waals surface area contributed by atoms with Gasteiger partial charge in [-0.15, -0.1) is 24.8 Å². The van der Waals surface area contributed by atoms with E-state index in [1.807, 2.05) is 42.2 Å². The standard InChI is InChI=1S/C19H23N3O.2ClH/c1-14(16-8-5-9-21-11-16)19(23)22-12-17(10-20)18(13-22)15-6-3-2-4-7-15;;/h2-9,11,14,17-18H,10,12-13,20H2,1H3;2*1H/t14?,17-,18+;;/m1../s1. The van der Waals surface area contributed by atoms with Gasteiger partial charge in [0.15, 0.2) is 0 Å². The number of aromatic nitrogens is 1. The Morgan fingerprint density at radius 1 is 1.20 bits per heavy atom. The molecule has 2 heterocycles. The zero-order valence-electron chi connectivity index (χ0n) is 14.2. The first-order valence-corrected chi connectivity index (χ1v) is 8.14. The van der Waals surface area contributed by atoms with E-state index in [2.05, 4.69) is 17.1 Å². The molecule has 3 rings (SSSR count).